The number of carbonyl (C=O) groups is 1. The lowest BCUT2D eigenvalue weighted by Gasteiger charge is -2.07. The highest BCUT2D eigenvalue weighted by Crippen LogP contribution is 2.17. The van der Waals surface area contributed by atoms with Crippen molar-refractivity contribution in [2.75, 3.05) is 0 Å². The van der Waals surface area contributed by atoms with Gasteiger partial charge in [0.05, 0.1) is 0 Å². The van der Waals surface area contributed by atoms with Crippen LogP contribution in [0.5, 0.6) is 0 Å². The number of unbranched alkanes of at least 4 members (excludes halogenated alkanes) is 2. The first-order chi connectivity index (χ1) is 6.29. The van der Waals surface area contributed by atoms with Crippen molar-refractivity contribution >= 4 is 6.29 Å². The molecule has 0 aliphatic rings. The summed E-state index contributed by atoms with van der Waals surface area (Å²) in [5, 5.41) is 0. The van der Waals surface area contributed by atoms with E-state index in [2.05, 4.69) is 20.8 Å². The van der Waals surface area contributed by atoms with E-state index < -0.39 is 0 Å². The first-order valence-corrected chi connectivity index (χ1v) is 5.46. The lowest BCUT2D eigenvalue weighted by molar-refractivity contribution is -0.105. The summed E-state index contributed by atoms with van der Waals surface area (Å²) in [7, 11) is 0. The van der Waals surface area contributed by atoms with E-state index >= 15 is 0 Å². The molecule has 0 amide bonds. The van der Waals surface area contributed by atoms with Crippen LogP contribution in [0.15, 0.2) is 11.1 Å². The van der Waals surface area contributed by atoms with Gasteiger partial charge in [-0.25, -0.2) is 0 Å². The van der Waals surface area contributed by atoms with E-state index in [0.29, 0.717) is 0 Å². The molecule has 76 valence electrons. The molecule has 0 saturated carbocycles. The number of hydrogen-bond donors (Lipinski definition) is 0. The molecule has 0 aromatic heterocycles. The minimum Gasteiger partial charge on any atom is -0.298 e. The van der Waals surface area contributed by atoms with Gasteiger partial charge in [0, 0.05) is 0 Å². The summed E-state index contributed by atoms with van der Waals surface area (Å²) >= 11 is 0. The lowest BCUT2D eigenvalue weighted by atomic mass is 9.98. The summed E-state index contributed by atoms with van der Waals surface area (Å²) < 4.78 is 0. The number of rotatable bonds is 7. The van der Waals surface area contributed by atoms with Gasteiger partial charge in [0.25, 0.3) is 0 Å². The molecule has 0 bridgehead atoms. The lowest BCUT2D eigenvalue weighted by Crippen LogP contribution is -1.92. The van der Waals surface area contributed by atoms with E-state index in [1.165, 1.54) is 24.8 Å². The highest BCUT2D eigenvalue weighted by molar-refractivity contribution is 5.74. The molecule has 0 saturated heterocycles. The Labute approximate surface area is 82.2 Å². The molecule has 0 aliphatic carbocycles. The van der Waals surface area contributed by atoms with Gasteiger partial charge in [-0.2, -0.15) is 0 Å². The molecular formula is C12H22O. The van der Waals surface area contributed by atoms with Crippen LogP contribution in [-0.2, 0) is 4.79 Å². The molecule has 0 heterocycles. The Bertz CT molecular complexity index is 168. The maximum atomic E-state index is 10.7. The minimum absolute atomic E-state index is 0.888. The first kappa shape index (κ1) is 12.4. The van der Waals surface area contributed by atoms with Gasteiger partial charge in [-0.3, -0.25) is 4.79 Å². The third-order valence-corrected chi connectivity index (χ3v) is 2.49. The van der Waals surface area contributed by atoms with Gasteiger partial charge < -0.3 is 0 Å². The number of aldehydes is 1. The standard InChI is InChI=1S/C12H22O/c1-4-7-8-9-11(5-2)12(6-3)10-13/h10H,4-9H2,1-3H3. The second-order valence-electron chi connectivity index (χ2n) is 3.41. The van der Waals surface area contributed by atoms with Gasteiger partial charge in [0.15, 0.2) is 0 Å². The Balaban J connectivity index is 4.12. The molecular weight excluding hydrogens is 160 g/mol. The molecule has 0 unspecified atom stereocenters. The molecule has 0 atom stereocenters. The predicted octanol–water partition coefficient (Wildman–Crippen LogP) is 3.88. The van der Waals surface area contributed by atoms with Crippen molar-refractivity contribution in [3.8, 4) is 0 Å². The predicted molar refractivity (Wildman–Crippen MR) is 57.8 cm³/mol. The van der Waals surface area contributed by atoms with Crippen LogP contribution in [0.25, 0.3) is 0 Å². The van der Waals surface area contributed by atoms with Crippen molar-refractivity contribution < 1.29 is 4.79 Å². The van der Waals surface area contributed by atoms with E-state index in [-0.39, 0.29) is 0 Å². The largest absolute Gasteiger partial charge is 0.298 e. The van der Waals surface area contributed by atoms with Crippen molar-refractivity contribution in [1.29, 1.82) is 0 Å². The van der Waals surface area contributed by atoms with Crippen LogP contribution >= 0.6 is 0 Å². The zero-order valence-corrected chi connectivity index (χ0v) is 9.23. The Morgan fingerprint density at radius 3 is 2.15 bits per heavy atom. The Kier molecular flexibility index (Phi) is 7.66. The van der Waals surface area contributed by atoms with E-state index in [1.807, 2.05) is 0 Å². The quantitative estimate of drug-likeness (QED) is 0.332. The zero-order chi connectivity index (χ0) is 10.1. The third kappa shape index (κ3) is 4.87. The summed E-state index contributed by atoms with van der Waals surface area (Å²) in [5.74, 6) is 0. The van der Waals surface area contributed by atoms with Crippen LogP contribution < -0.4 is 0 Å². The fraction of sp³-hybridized carbons (Fsp3) is 0.750. The molecule has 0 aliphatic heterocycles. The third-order valence-electron chi connectivity index (χ3n) is 2.49. The Hall–Kier alpha value is -0.590. The van der Waals surface area contributed by atoms with E-state index in [4.69, 9.17) is 0 Å². The van der Waals surface area contributed by atoms with Crippen LogP contribution in [-0.4, -0.2) is 6.29 Å². The van der Waals surface area contributed by atoms with E-state index in [9.17, 15) is 4.79 Å². The van der Waals surface area contributed by atoms with Crippen LogP contribution in [0.1, 0.15) is 59.3 Å². The molecule has 0 fully saturated rings. The molecule has 1 nitrogen and oxygen atoms in total. The summed E-state index contributed by atoms with van der Waals surface area (Å²) in [6.07, 6.45) is 7.83. The topological polar surface area (TPSA) is 17.1 Å². The summed E-state index contributed by atoms with van der Waals surface area (Å²) in [4.78, 5) is 10.7. The summed E-state index contributed by atoms with van der Waals surface area (Å²) in [5.41, 5.74) is 2.39. The van der Waals surface area contributed by atoms with Crippen LogP contribution in [0, 0.1) is 0 Å². The van der Waals surface area contributed by atoms with Crippen LogP contribution in [0.4, 0.5) is 0 Å². The van der Waals surface area contributed by atoms with Gasteiger partial charge >= 0.3 is 0 Å². The van der Waals surface area contributed by atoms with Crippen molar-refractivity contribution in [3.63, 3.8) is 0 Å². The number of hydrogen-bond acceptors (Lipinski definition) is 1. The van der Waals surface area contributed by atoms with Crippen molar-refractivity contribution in [2.45, 2.75) is 59.3 Å². The highest BCUT2D eigenvalue weighted by Gasteiger charge is 2.01. The van der Waals surface area contributed by atoms with E-state index in [1.54, 1.807) is 0 Å². The van der Waals surface area contributed by atoms with Crippen molar-refractivity contribution in [2.24, 2.45) is 0 Å². The van der Waals surface area contributed by atoms with Gasteiger partial charge in [0.2, 0.25) is 0 Å². The van der Waals surface area contributed by atoms with Crippen LogP contribution in [0.3, 0.4) is 0 Å². The van der Waals surface area contributed by atoms with Gasteiger partial charge in [-0.05, 0) is 31.3 Å². The Morgan fingerprint density at radius 2 is 1.77 bits per heavy atom. The fourth-order valence-electron chi connectivity index (χ4n) is 1.57. The SMILES string of the molecule is CCCCCC(CC)=C(C=O)CC. The summed E-state index contributed by atoms with van der Waals surface area (Å²) in [6.45, 7) is 6.40. The second kappa shape index (κ2) is 8.03. The van der Waals surface area contributed by atoms with E-state index in [0.717, 1.165) is 31.1 Å². The monoisotopic (exact) mass is 182 g/mol. The zero-order valence-electron chi connectivity index (χ0n) is 9.23. The minimum atomic E-state index is 0.888. The molecule has 0 aromatic rings. The maximum absolute atomic E-state index is 10.7. The highest BCUT2D eigenvalue weighted by atomic mass is 16.1. The molecule has 0 aromatic carbocycles. The first-order valence-electron chi connectivity index (χ1n) is 5.46. The number of allylic oxidation sites excluding steroid dienone is 2. The van der Waals surface area contributed by atoms with Gasteiger partial charge in [-0.15, -0.1) is 0 Å². The normalized spacial score (nSPS) is 12.5. The second-order valence-corrected chi connectivity index (χ2v) is 3.41. The average Bonchev–Trinajstić information content (AvgIpc) is 2.17. The van der Waals surface area contributed by atoms with Crippen molar-refractivity contribution in [3.05, 3.63) is 11.1 Å². The molecule has 0 N–H and O–H groups in total. The fourth-order valence-corrected chi connectivity index (χ4v) is 1.57. The van der Waals surface area contributed by atoms with Gasteiger partial charge in [0.1, 0.15) is 6.29 Å². The van der Waals surface area contributed by atoms with Crippen molar-refractivity contribution in [1.82, 2.24) is 0 Å². The molecule has 0 radical (unpaired) electrons. The molecule has 0 spiro atoms. The van der Waals surface area contributed by atoms with Gasteiger partial charge in [-0.1, -0.05) is 39.2 Å². The smallest absolute Gasteiger partial charge is 0.145 e. The molecule has 0 rings (SSSR count). The molecule has 1 heteroatoms. The average molecular weight is 182 g/mol. The van der Waals surface area contributed by atoms with Crippen LogP contribution in [0.2, 0.25) is 0 Å². The molecule has 13 heavy (non-hydrogen) atoms. The summed E-state index contributed by atoms with van der Waals surface area (Å²) in [6, 6.07) is 0. The Morgan fingerprint density at radius 1 is 1.08 bits per heavy atom. The maximum Gasteiger partial charge on any atom is 0.145 e. The number of carbonyl (C=O) groups excluding carboxylic acids is 1.